The summed E-state index contributed by atoms with van der Waals surface area (Å²) in [5.41, 5.74) is 2.18. The fourth-order valence-corrected chi connectivity index (χ4v) is 2.06. The highest BCUT2D eigenvalue weighted by Gasteiger charge is 2.09. The van der Waals surface area contributed by atoms with Gasteiger partial charge in [0.05, 0.1) is 0 Å². The summed E-state index contributed by atoms with van der Waals surface area (Å²) in [6, 6.07) is 5.06. The first kappa shape index (κ1) is 15.0. The maximum absolute atomic E-state index is 13.4. The summed E-state index contributed by atoms with van der Waals surface area (Å²) in [7, 11) is 0. The predicted molar refractivity (Wildman–Crippen MR) is 76.5 cm³/mol. The Morgan fingerprint density at radius 2 is 1.89 bits per heavy atom. The molecule has 1 aromatic carbocycles. The van der Waals surface area contributed by atoms with E-state index in [9.17, 15) is 4.39 Å². The van der Waals surface area contributed by atoms with Crippen molar-refractivity contribution < 1.29 is 4.39 Å². The van der Waals surface area contributed by atoms with Crippen molar-refractivity contribution in [3.05, 3.63) is 29.6 Å². The number of nitrogens with zero attached hydrogens (tertiary/aromatic N) is 1. The molecule has 0 saturated carbocycles. The Morgan fingerprint density at radius 1 is 1.22 bits per heavy atom. The standard InChI is InChI=1S/C15H25FN2/c1-5-18(6-2)15-8-7-14(16)9-13(15)11-17-10-12(3)4/h7-9,12,17H,5-6,10-11H2,1-4H3. The normalized spacial score (nSPS) is 11.0. The highest BCUT2D eigenvalue weighted by molar-refractivity contribution is 5.53. The number of anilines is 1. The van der Waals surface area contributed by atoms with Crippen LogP contribution in [0.25, 0.3) is 0 Å². The monoisotopic (exact) mass is 252 g/mol. The van der Waals surface area contributed by atoms with Gasteiger partial charge in [0.1, 0.15) is 5.82 Å². The topological polar surface area (TPSA) is 15.3 Å². The van der Waals surface area contributed by atoms with Gasteiger partial charge in [0, 0.05) is 25.3 Å². The lowest BCUT2D eigenvalue weighted by molar-refractivity contribution is 0.549. The minimum Gasteiger partial charge on any atom is -0.372 e. The van der Waals surface area contributed by atoms with Crippen molar-refractivity contribution in [1.82, 2.24) is 5.32 Å². The molecule has 0 radical (unpaired) electrons. The van der Waals surface area contributed by atoms with Crippen LogP contribution in [-0.4, -0.2) is 19.6 Å². The lowest BCUT2D eigenvalue weighted by Crippen LogP contribution is -2.25. The maximum atomic E-state index is 13.4. The third kappa shape index (κ3) is 4.30. The van der Waals surface area contributed by atoms with Crippen LogP contribution in [0.1, 0.15) is 33.3 Å². The number of nitrogens with one attached hydrogen (secondary N) is 1. The minimum absolute atomic E-state index is 0.160. The Kier molecular flexibility index (Phi) is 6.13. The Bertz CT molecular complexity index is 360. The van der Waals surface area contributed by atoms with Crippen LogP contribution in [-0.2, 0) is 6.54 Å². The molecule has 0 aliphatic heterocycles. The molecule has 0 fully saturated rings. The van der Waals surface area contributed by atoms with Gasteiger partial charge in [-0.25, -0.2) is 4.39 Å². The van der Waals surface area contributed by atoms with Crippen LogP contribution in [0.4, 0.5) is 10.1 Å². The maximum Gasteiger partial charge on any atom is 0.123 e. The van der Waals surface area contributed by atoms with Gasteiger partial charge in [-0.1, -0.05) is 13.8 Å². The van der Waals surface area contributed by atoms with E-state index in [1.807, 2.05) is 6.07 Å². The van der Waals surface area contributed by atoms with Crippen molar-refractivity contribution in [2.24, 2.45) is 5.92 Å². The SMILES string of the molecule is CCN(CC)c1ccc(F)cc1CNCC(C)C. The van der Waals surface area contributed by atoms with E-state index in [2.05, 4.69) is 37.9 Å². The molecular weight excluding hydrogens is 227 g/mol. The number of hydrogen-bond donors (Lipinski definition) is 1. The number of rotatable bonds is 7. The van der Waals surface area contributed by atoms with Crippen molar-refractivity contribution in [3.8, 4) is 0 Å². The van der Waals surface area contributed by atoms with Crippen LogP contribution in [0.2, 0.25) is 0 Å². The summed E-state index contributed by atoms with van der Waals surface area (Å²) >= 11 is 0. The fraction of sp³-hybridized carbons (Fsp3) is 0.600. The van der Waals surface area contributed by atoms with Crippen LogP contribution < -0.4 is 10.2 Å². The summed E-state index contributed by atoms with van der Waals surface area (Å²) in [4.78, 5) is 2.26. The predicted octanol–water partition coefficient (Wildman–Crippen LogP) is 3.42. The molecule has 0 heterocycles. The summed E-state index contributed by atoms with van der Waals surface area (Å²) in [5, 5.41) is 3.38. The molecule has 0 bridgehead atoms. The molecule has 0 saturated heterocycles. The van der Waals surface area contributed by atoms with Gasteiger partial charge in [-0.2, -0.15) is 0 Å². The van der Waals surface area contributed by atoms with E-state index in [1.165, 1.54) is 0 Å². The molecule has 2 nitrogen and oxygen atoms in total. The van der Waals surface area contributed by atoms with Crippen molar-refractivity contribution in [2.75, 3.05) is 24.5 Å². The van der Waals surface area contributed by atoms with Gasteiger partial charge < -0.3 is 10.2 Å². The zero-order valence-electron chi connectivity index (χ0n) is 12.0. The van der Waals surface area contributed by atoms with Crippen molar-refractivity contribution >= 4 is 5.69 Å². The number of benzene rings is 1. The van der Waals surface area contributed by atoms with Gasteiger partial charge in [0.2, 0.25) is 0 Å². The van der Waals surface area contributed by atoms with E-state index in [0.29, 0.717) is 5.92 Å². The highest BCUT2D eigenvalue weighted by atomic mass is 19.1. The lowest BCUT2D eigenvalue weighted by atomic mass is 10.1. The fourth-order valence-electron chi connectivity index (χ4n) is 2.06. The van der Waals surface area contributed by atoms with Gasteiger partial charge in [-0.3, -0.25) is 0 Å². The summed E-state index contributed by atoms with van der Waals surface area (Å²) in [6.07, 6.45) is 0. The third-order valence-electron chi connectivity index (χ3n) is 3.01. The molecule has 18 heavy (non-hydrogen) atoms. The van der Waals surface area contributed by atoms with E-state index in [0.717, 1.165) is 37.4 Å². The number of halogens is 1. The van der Waals surface area contributed by atoms with Crippen molar-refractivity contribution in [3.63, 3.8) is 0 Å². The smallest absolute Gasteiger partial charge is 0.123 e. The molecule has 0 aromatic heterocycles. The first-order valence-corrected chi connectivity index (χ1v) is 6.82. The quantitative estimate of drug-likeness (QED) is 0.800. The molecule has 0 spiro atoms. The molecule has 102 valence electrons. The highest BCUT2D eigenvalue weighted by Crippen LogP contribution is 2.21. The van der Waals surface area contributed by atoms with Crippen LogP contribution >= 0.6 is 0 Å². The van der Waals surface area contributed by atoms with Gasteiger partial charge in [-0.05, 0) is 50.1 Å². The minimum atomic E-state index is -0.160. The number of hydrogen-bond acceptors (Lipinski definition) is 2. The molecule has 1 aromatic rings. The second-order valence-corrected chi connectivity index (χ2v) is 4.97. The van der Waals surface area contributed by atoms with Crippen molar-refractivity contribution in [1.29, 1.82) is 0 Å². The summed E-state index contributed by atoms with van der Waals surface area (Å²) in [5.74, 6) is 0.447. The zero-order valence-corrected chi connectivity index (χ0v) is 12.0. The van der Waals surface area contributed by atoms with Gasteiger partial charge in [0.15, 0.2) is 0 Å². The van der Waals surface area contributed by atoms with Crippen LogP contribution in [0, 0.1) is 11.7 Å². The van der Waals surface area contributed by atoms with E-state index in [-0.39, 0.29) is 5.82 Å². The molecule has 0 aliphatic rings. The van der Waals surface area contributed by atoms with Crippen LogP contribution in [0.5, 0.6) is 0 Å². The van der Waals surface area contributed by atoms with E-state index in [1.54, 1.807) is 12.1 Å². The zero-order chi connectivity index (χ0) is 13.5. The molecule has 3 heteroatoms. The van der Waals surface area contributed by atoms with Gasteiger partial charge >= 0.3 is 0 Å². The Morgan fingerprint density at radius 3 is 2.44 bits per heavy atom. The van der Waals surface area contributed by atoms with Crippen LogP contribution in [0.15, 0.2) is 18.2 Å². The first-order chi connectivity index (χ1) is 8.58. The second kappa shape index (κ2) is 7.37. The molecule has 1 N–H and O–H groups in total. The Labute approximate surface area is 110 Å². The van der Waals surface area contributed by atoms with E-state index in [4.69, 9.17) is 0 Å². The van der Waals surface area contributed by atoms with Gasteiger partial charge in [-0.15, -0.1) is 0 Å². The van der Waals surface area contributed by atoms with Gasteiger partial charge in [0.25, 0.3) is 0 Å². The average Bonchev–Trinajstić information content (AvgIpc) is 2.32. The first-order valence-electron chi connectivity index (χ1n) is 6.82. The molecule has 0 unspecified atom stereocenters. The summed E-state index contributed by atoms with van der Waals surface area (Å²) in [6.45, 7) is 12.2. The molecule has 0 amide bonds. The lowest BCUT2D eigenvalue weighted by Gasteiger charge is -2.24. The third-order valence-corrected chi connectivity index (χ3v) is 3.01. The molecule has 0 aliphatic carbocycles. The van der Waals surface area contributed by atoms with E-state index >= 15 is 0 Å². The molecule has 0 atom stereocenters. The summed E-state index contributed by atoms with van der Waals surface area (Å²) < 4.78 is 13.4. The Balaban J connectivity index is 2.82. The molecular formula is C15H25FN2. The molecule has 1 rings (SSSR count). The largest absolute Gasteiger partial charge is 0.372 e. The average molecular weight is 252 g/mol. The van der Waals surface area contributed by atoms with Crippen LogP contribution in [0.3, 0.4) is 0 Å². The van der Waals surface area contributed by atoms with Crippen molar-refractivity contribution in [2.45, 2.75) is 34.2 Å². The second-order valence-electron chi connectivity index (χ2n) is 4.97. The van der Waals surface area contributed by atoms with E-state index < -0.39 is 0 Å². The Hall–Kier alpha value is -1.09.